The monoisotopic (exact) mass is 395 g/mol. The lowest BCUT2D eigenvalue weighted by molar-refractivity contribution is -0.158. The van der Waals surface area contributed by atoms with Gasteiger partial charge in [0.05, 0.1) is 16.8 Å². The van der Waals surface area contributed by atoms with Crippen molar-refractivity contribution in [2.75, 3.05) is 0 Å². The predicted octanol–water partition coefficient (Wildman–Crippen LogP) is 3.54. The van der Waals surface area contributed by atoms with Crippen molar-refractivity contribution in [2.45, 2.75) is 38.9 Å². The van der Waals surface area contributed by atoms with Gasteiger partial charge in [-0.25, -0.2) is 9.50 Å². The molecular weight excluding hydrogens is 379 g/mol. The van der Waals surface area contributed by atoms with Crippen LogP contribution in [0.3, 0.4) is 0 Å². The molecule has 0 unspecified atom stereocenters. The van der Waals surface area contributed by atoms with Crippen molar-refractivity contribution in [2.24, 2.45) is 5.92 Å². The largest absolute Gasteiger partial charge is 0.408 e. The van der Waals surface area contributed by atoms with Gasteiger partial charge in [-0.2, -0.15) is 22.6 Å². The van der Waals surface area contributed by atoms with Gasteiger partial charge >= 0.3 is 6.18 Å². The van der Waals surface area contributed by atoms with E-state index in [2.05, 4.69) is 19.8 Å². The molecule has 10 heteroatoms. The number of aromatic nitrogens is 4. The van der Waals surface area contributed by atoms with Crippen LogP contribution in [0.25, 0.3) is 16.2 Å². The zero-order chi connectivity index (χ0) is 19.3. The van der Waals surface area contributed by atoms with E-state index in [-0.39, 0.29) is 5.69 Å². The number of aryl methyl sites for hydroxylation is 2. The number of hydrogen-bond donors (Lipinski definition) is 1. The summed E-state index contributed by atoms with van der Waals surface area (Å²) in [5, 5.41) is 6.53. The van der Waals surface area contributed by atoms with Crippen molar-refractivity contribution in [1.82, 2.24) is 24.3 Å². The maximum Gasteiger partial charge on any atom is 0.408 e. The molecule has 0 spiro atoms. The van der Waals surface area contributed by atoms with E-state index in [1.54, 1.807) is 0 Å². The molecule has 1 saturated carbocycles. The first kappa shape index (κ1) is 17.9. The molecule has 0 radical (unpaired) electrons. The maximum absolute atomic E-state index is 13.2. The minimum Gasteiger partial charge on any atom is -0.339 e. The van der Waals surface area contributed by atoms with E-state index in [0.717, 1.165) is 16.1 Å². The molecule has 1 fully saturated rings. The van der Waals surface area contributed by atoms with Crippen LogP contribution in [0.5, 0.6) is 0 Å². The maximum atomic E-state index is 13.2. The first-order valence-electron chi connectivity index (χ1n) is 8.40. The van der Waals surface area contributed by atoms with E-state index in [1.165, 1.54) is 22.2 Å². The summed E-state index contributed by atoms with van der Waals surface area (Å²) in [4.78, 5) is 17.5. The number of amides is 1. The van der Waals surface area contributed by atoms with Crippen LogP contribution in [-0.4, -0.2) is 37.1 Å². The quantitative estimate of drug-likeness (QED) is 0.734. The number of fused-ring (bicyclic) bond motifs is 1. The lowest BCUT2D eigenvalue weighted by atomic mass is 10.1. The number of imidazole rings is 1. The Hall–Kier alpha value is -2.49. The van der Waals surface area contributed by atoms with E-state index in [9.17, 15) is 18.0 Å². The van der Waals surface area contributed by atoms with Crippen molar-refractivity contribution >= 4 is 23.1 Å². The van der Waals surface area contributed by atoms with E-state index < -0.39 is 24.0 Å². The average molecular weight is 395 g/mol. The van der Waals surface area contributed by atoms with Gasteiger partial charge in [-0.05, 0) is 61.8 Å². The molecule has 1 aliphatic carbocycles. The molecule has 6 nitrogen and oxygen atoms in total. The van der Waals surface area contributed by atoms with E-state index in [4.69, 9.17) is 0 Å². The summed E-state index contributed by atoms with van der Waals surface area (Å²) in [5.41, 5.74) is 2.61. The summed E-state index contributed by atoms with van der Waals surface area (Å²) in [6.07, 6.45) is -2.30. The Morgan fingerprint density at radius 3 is 2.67 bits per heavy atom. The highest BCUT2D eigenvalue weighted by molar-refractivity contribution is 7.09. The van der Waals surface area contributed by atoms with Crippen LogP contribution in [0.1, 0.15) is 34.6 Å². The molecule has 1 atom stereocenters. The Morgan fingerprint density at radius 2 is 2.07 bits per heavy atom. The second-order valence-electron chi connectivity index (χ2n) is 6.75. The topological polar surface area (TPSA) is 72.2 Å². The first-order valence-corrected chi connectivity index (χ1v) is 9.18. The van der Waals surface area contributed by atoms with Gasteiger partial charge < -0.3 is 5.32 Å². The molecular formula is C17H16F3N5OS. The summed E-state index contributed by atoms with van der Waals surface area (Å²) in [5.74, 6) is -1.39. The van der Waals surface area contributed by atoms with Gasteiger partial charge in [-0.3, -0.25) is 4.79 Å². The minimum atomic E-state index is -4.48. The minimum absolute atomic E-state index is 0.0221. The molecule has 3 aromatic rings. The molecule has 0 aromatic carbocycles. The van der Waals surface area contributed by atoms with Crippen molar-refractivity contribution in [1.29, 1.82) is 0 Å². The van der Waals surface area contributed by atoms with Crippen LogP contribution >= 0.6 is 11.5 Å². The van der Waals surface area contributed by atoms with Crippen LogP contribution in [0.15, 0.2) is 18.3 Å². The number of carbonyl (C=O) groups is 1. The highest BCUT2D eigenvalue weighted by Gasteiger charge is 2.49. The van der Waals surface area contributed by atoms with Gasteiger partial charge in [0.15, 0.2) is 11.3 Å². The normalized spacial score (nSPS) is 15.9. The number of alkyl halides is 3. The third-order valence-electron chi connectivity index (χ3n) is 4.50. The number of hydrogen-bond acceptors (Lipinski definition) is 5. The average Bonchev–Trinajstić information content (AvgIpc) is 3.17. The Labute approximate surface area is 156 Å². The standard InChI is InChI=1S/C17H16F3N5OS/c1-8-5-11(13-6-9(2)24-27-13)23-25-12(7-21-15(8)25)16(26)22-14(10-3-4-10)17(18,19)20/h5-7,10,14H,3-4H2,1-2H3,(H,22,26)/t14-/m0/s1. The number of nitrogens with zero attached hydrogens (tertiary/aromatic N) is 4. The highest BCUT2D eigenvalue weighted by atomic mass is 32.1. The van der Waals surface area contributed by atoms with E-state index in [0.29, 0.717) is 24.2 Å². The van der Waals surface area contributed by atoms with Crippen LogP contribution < -0.4 is 5.32 Å². The van der Waals surface area contributed by atoms with Gasteiger partial charge in [0.1, 0.15) is 11.7 Å². The third kappa shape index (κ3) is 3.41. The summed E-state index contributed by atoms with van der Waals surface area (Å²) in [6.45, 7) is 3.67. The van der Waals surface area contributed by atoms with Crippen molar-refractivity contribution in [3.8, 4) is 10.6 Å². The van der Waals surface area contributed by atoms with Gasteiger partial charge in [0.2, 0.25) is 0 Å². The van der Waals surface area contributed by atoms with Crippen molar-refractivity contribution in [3.05, 3.63) is 35.3 Å². The molecule has 1 aliphatic rings. The Kier molecular flexibility index (Phi) is 4.17. The fourth-order valence-corrected chi connectivity index (χ4v) is 3.70. The highest BCUT2D eigenvalue weighted by Crippen LogP contribution is 2.40. The van der Waals surface area contributed by atoms with Gasteiger partial charge in [0, 0.05) is 0 Å². The second kappa shape index (κ2) is 6.29. The lowest BCUT2D eigenvalue weighted by Gasteiger charge is -2.21. The van der Waals surface area contributed by atoms with Gasteiger partial charge in [0.25, 0.3) is 5.91 Å². The SMILES string of the molecule is Cc1cc(-c2cc(C)c3ncc(C(=O)N[C@@H](C4CC4)C(F)(F)F)n3n2)sn1. The van der Waals surface area contributed by atoms with Crippen LogP contribution in [0.2, 0.25) is 0 Å². The lowest BCUT2D eigenvalue weighted by Crippen LogP contribution is -2.47. The van der Waals surface area contributed by atoms with Crippen LogP contribution in [0, 0.1) is 19.8 Å². The smallest absolute Gasteiger partial charge is 0.339 e. The second-order valence-corrected chi connectivity index (χ2v) is 7.56. The summed E-state index contributed by atoms with van der Waals surface area (Å²) >= 11 is 1.27. The number of halogens is 3. The fraction of sp³-hybridized carbons (Fsp3) is 0.412. The van der Waals surface area contributed by atoms with E-state index in [1.807, 2.05) is 26.0 Å². The molecule has 3 heterocycles. The molecule has 1 amide bonds. The molecule has 0 aliphatic heterocycles. The molecule has 0 bridgehead atoms. The Morgan fingerprint density at radius 1 is 1.33 bits per heavy atom. The molecule has 27 heavy (non-hydrogen) atoms. The molecule has 0 saturated heterocycles. The summed E-state index contributed by atoms with van der Waals surface area (Å²) < 4.78 is 45.2. The molecule has 4 rings (SSSR count). The van der Waals surface area contributed by atoms with Crippen molar-refractivity contribution < 1.29 is 18.0 Å². The van der Waals surface area contributed by atoms with E-state index >= 15 is 0 Å². The van der Waals surface area contributed by atoms with Gasteiger partial charge in [-0.1, -0.05) is 0 Å². The molecule has 142 valence electrons. The van der Waals surface area contributed by atoms with Gasteiger partial charge in [-0.15, -0.1) is 0 Å². The molecule has 1 N–H and O–H groups in total. The Balaban J connectivity index is 1.71. The van der Waals surface area contributed by atoms with Crippen LogP contribution in [-0.2, 0) is 0 Å². The zero-order valence-corrected chi connectivity index (χ0v) is 15.4. The number of carbonyl (C=O) groups excluding carboxylic acids is 1. The summed E-state index contributed by atoms with van der Waals surface area (Å²) in [6, 6.07) is 1.84. The first-order chi connectivity index (χ1) is 12.7. The van der Waals surface area contributed by atoms with Crippen molar-refractivity contribution in [3.63, 3.8) is 0 Å². The predicted molar refractivity (Wildman–Crippen MR) is 93.6 cm³/mol. The zero-order valence-electron chi connectivity index (χ0n) is 14.5. The fourth-order valence-electron chi connectivity index (χ4n) is 2.99. The number of rotatable bonds is 4. The molecule has 3 aromatic heterocycles. The third-order valence-corrected chi connectivity index (χ3v) is 5.40. The number of nitrogens with one attached hydrogen (secondary N) is 1. The Bertz CT molecular complexity index is 1020. The van der Waals surface area contributed by atoms with Crippen LogP contribution in [0.4, 0.5) is 13.2 Å². The summed E-state index contributed by atoms with van der Waals surface area (Å²) in [7, 11) is 0.